The minimum Gasteiger partial charge on any atom is -0.341 e. The molecule has 1 aromatic carbocycles. The van der Waals surface area contributed by atoms with Crippen molar-refractivity contribution in [1.82, 2.24) is 10.2 Å². The topological polar surface area (TPSA) is 32.3 Å². The summed E-state index contributed by atoms with van der Waals surface area (Å²) in [6.45, 7) is 4.99. The van der Waals surface area contributed by atoms with E-state index in [0.29, 0.717) is 5.92 Å². The van der Waals surface area contributed by atoms with Gasteiger partial charge in [-0.1, -0.05) is 18.2 Å². The third-order valence-electron chi connectivity index (χ3n) is 3.65. The summed E-state index contributed by atoms with van der Waals surface area (Å²) in [4.78, 5) is 14.2. The van der Waals surface area contributed by atoms with Crippen LogP contribution in [0.3, 0.4) is 0 Å². The number of nitrogens with zero attached hydrogens (tertiary/aromatic N) is 1. The van der Waals surface area contributed by atoms with E-state index in [1.54, 1.807) is 0 Å². The Kier molecular flexibility index (Phi) is 4.37. The minimum atomic E-state index is 0.138. The van der Waals surface area contributed by atoms with Gasteiger partial charge in [-0.3, -0.25) is 4.79 Å². The van der Waals surface area contributed by atoms with Gasteiger partial charge in [0.15, 0.2) is 0 Å². The number of benzene rings is 1. The Bertz CT molecular complexity index is 411. The Balaban J connectivity index is 1.98. The van der Waals surface area contributed by atoms with Crippen LogP contribution in [0.1, 0.15) is 28.8 Å². The number of aryl methyl sites for hydroxylation is 1. The van der Waals surface area contributed by atoms with Gasteiger partial charge >= 0.3 is 0 Å². The number of piperidine rings is 1. The summed E-state index contributed by atoms with van der Waals surface area (Å²) in [6, 6.07) is 7.80. The normalized spacial score (nSPS) is 19.6. The zero-order chi connectivity index (χ0) is 13.0. The van der Waals surface area contributed by atoms with E-state index < -0.39 is 0 Å². The standard InChI is InChI=1S/C15H22N2O/c1-12-6-3-4-8-14(12)15(18)17(2)11-13-7-5-9-16-10-13/h3-4,6,8,13,16H,5,7,9-11H2,1-2H3. The van der Waals surface area contributed by atoms with Crippen molar-refractivity contribution in [3.8, 4) is 0 Å². The highest BCUT2D eigenvalue weighted by Crippen LogP contribution is 2.14. The SMILES string of the molecule is Cc1ccccc1C(=O)N(C)CC1CCCNC1. The van der Waals surface area contributed by atoms with Crippen LogP contribution < -0.4 is 5.32 Å². The summed E-state index contributed by atoms with van der Waals surface area (Å²) in [6.07, 6.45) is 2.44. The molecule has 1 aliphatic rings. The van der Waals surface area contributed by atoms with Crippen molar-refractivity contribution in [1.29, 1.82) is 0 Å². The van der Waals surface area contributed by atoms with Crippen LogP contribution in [-0.4, -0.2) is 37.5 Å². The second-order valence-corrected chi connectivity index (χ2v) is 5.21. The molecule has 1 aromatic rings. The fourth-order valence-electron chi connectivity index (χ4n) is 2.57. The second kappa shape index (κ2) is 6.01. The van der Waals surface area contributed by atoms with Crippen molar-refractivity contribution in [2.24, 2.45) is 5.92 Å². The number of carbonyl (C=O) groups excluding carboxylic acids is 1. The summed E-state index contributed by atoms with van der Waals surface area (Å²) in [7, 11) is 1.91. The van der Waals surface area contributed by atoms with Crippen molar-refractivity contribution in [3.05, 3.63) is 35.4 Å². The van der Waals surface area contributed by atoms with Gasteiger partial charge in [0.25, 0.3) is 5.91 Å². The molecule has 1 amide bonds. The molecule has 0 spiro atoms. The van der Waals surface area contributed by atoms with Crippen molar-refractivity contribution in [3.63, 3.8) is 0 Å². The molecule has 1 fully saturated rings. The van der Waals surface area contributed by atoms with Gasteiger partial charge in [0.1, 0.15) is 0 Å². The molecular formula is C15H22N2O. The Morgan fingerprint density at radius 3 is 2.89 bits per heavy atom. The quantitative estimate of drug-likeness (QED) is 0.885. The molecule has 3 nitrogen and oxygen atoms in total. The molecule has 98 valence electrons. The summed E-state index contributed by atoms with van der Waals surface area (Å²) in [5, 5.41) is 3.39. The molecular weight excluding hydrogens is 224 g/mol. The average Bonchev–Trinajstić information content (AvgIpc) is 2.39. The lowest BCUT2D eigenvalue weighted by atomic mass is 9.98. The number of nitrogens with one attached hydrogen (secondary N) is 1. The van der Waals surface area contributed by atoms with Crippen LogP contribution in [0.4, 0.5) is 0 Å². The van der Waals surface area contributed by atoms with E-state index in [0.717, 1.165) is 30.8 Å². The van der Waals surface area contributed by atoms with E-state index in [9.17, 15) is 4.79 Å². The largest absolute Gasteiger partial charge is 0.341 e. The third-order valence-corrected chi connectivity index (χ3v) is 3.65. The van der Waals surface area contributed by atoms with Crippen molar-refractivity contribution < 1.29 is 4.79 Å². The smallest absolute Gasteiger partial charge is 0.253 e. The molecule has 1 heterocycles. The van der Waals surface area contributed by atoms with Crippen LogP contribution in [0.25, 0.3) is 0 Å². The number of amides is 1. The Labute approximate surface area is 109 Å². The molecule has 1 N–H and O–H groups in total. The molecule has 0 aromatic heterocycles. The number of carbonyl (C=O) groups is 1. The maximum atomic E-state index is 12.3. The molecule has 0 aliphatic carbocycles. The monoisotopic (exact) mass is 246 g/mol. The first kappa shape index (κ1) is 13.1. The predicted molar refractivity (Wildman–Crippen MR) is 73.7 cm³/mol. The minimum absolute atomic E-state index is 0.138. The maximum absolute atomic E-state index is 12.3. The molecule has 3 heteroatoms. The van der Waals surface area contributed by atoms with E-state index in [4.69, 9.17) is 0 Å². The fraction of sp³-hybridized carbons (Fsp3) is 0.533. The van der Waals surface area contributed by atoms with Gasteiger partial charge in [-0.15, -0.1) is 0 Å². The van der Waals surface area contributed by atoms with Crippen LogP contribution in [-0.2, 0) is 0 Å². The van der Waals surface area contributed by atoms with E-state index in [-0.39, 0.29) is 5.91 Å². The van der Waals surface area contributed by atoms with E-state index in [2.05, 4.69) is 5.32 Å². The number of hydrogen-bond acceptors (Lipinski definition) is 2. The molecule has 0 saturated carbocycles. The Morgan fingerprint density at radius 2 is 2.22 bits per heavy atom. The zero-order valence-corrected chi connectivity index (χ0v) is 11.3. The lowest BCUT2D eigenvalue weighted by Gasteiger charge is -2.28. The fourth-order valence-corrected chi connectivity index (χ4v) is 2.57. The summed E-state index contributed by atoms with van der Waals surface area (Å²) >= 11 is 0. The van der Waals surface area contributed by atoms with E-state index >= 15 is 0 Å². The van der Waals surface area contributed by atoms with Crippen LogP contribution >= 0.6 is 0 Å². The Morgan fingerprint density at radius 1 is 1.44 bits per heavy atom. The lowest BCUT2D eigenvalue weighted by molar-refractivity contribution is 0.0764. The number of hydrogen-bond donors (Lipinski definition) is 1. The third kappa shape index (κ3) is 3.10. The molecule has 0 radical (unpaired) electrons. The zero-order valence-electron chi connectivity index (χ0n) is 11.3. The average molecular weight is 246 g/mol. The van der Waals surface area contributed by atoms with Crippen LogP contribution in [0.15, 0.2) is 24.3 Å². The van der Waals surface area contributed by atoms with Gasteiger partial charge in [-0.05, 0) is 50.4 Å². The first-order valence-corrected chi connectivity index (χ1v) is 6.70. The molecule has 0 bridgehead atoms. The van der Waals surface area contributed by atoms with Crippen molar-refractivity contribution >= 4 is 5.91 Å². The maximum Gasteiger partial charge on any atom is 0.253 e. The van der Waals surface area contributed by atoms with Gasteiger partial charge in [0.05, 0.1) is 0 Å². The molecule has 18 heavy (non-hydrogen) atoms. The number of rotatable bonds is 3. The van der Waals surface area contributed by atoms with Gasteiger partial charge in [0.2, 0.25) is 0 Å². The predicted octanol–water partition coefficient (Wildman–Crippen LogP) is 2.07. The molecule has 2 rings (SSSR count). The van der Waals surface area contributed by atoms with Gasteiger partial charge in [-0.25, -0.2) is 0 Å². The first-order valence-electron chi connectivity index (χ1n) is 6.70. The summed E-state index contributed by atoms with van der Waals surface area (Å²) in [5.41, 5.74) is 1.87. The van der Waals surface area contributed by atoms with Gasteiger partial charge < -0.3 is 10.2 Å². The van der Waals surface area contributed by atoms with Crippen LogP contribution in [0.2, 0.25) is 0 Å². The van der Waals surface area contributed by atoms with E-state index in [1.165, 1.54) is 12.8 Å². The molecule has 1 atom stereocenters. The molecule has 1 saturated heterocycles. The van der Waals surface area contributed by atoms with Gasteiger partial charge in [-0.2, -0.15) is 0 Å². The first-order chi connectivity index (χ1) is 8.68. The Hall–Kier alpha value is -1.35. The van der Waals surface area contributed by atoms with Crippen LogP contribution in [0.5, 0.6) is 0 Å². The summed E-state index contributed by atoms with van der Waals surface area (Å²) < 4.78 is 0. The van der Waals surface area contributed by atoms with E-state index in [1.807, 2.05) is 43.1 Å². The molecule has 1 aliphatic heterocycles. The highest BCUT2D eigenvalue weighted by molar-refractivity contribution is 5.95. The van der Waals surface area contributed by atoms with Crippen molar-refractivity contribution in [2.75, 3.05) is 26.7 Å². The molecule has 1 unspecified atom stereocenters. The van der Waals surface area contributed by atoms with Crippen LogP contribution in [0, 0.1) is 12.8 Å². The lowest BCUT2D eigenvalue weighted by Crippen LogP contribution is -2.39. The second-order valence-electron chi connectivity index (χ2n) is 5.21. The highest BCUT2D eigenvalue weighted by Gasteiger charge is 2.19. The van der Waals surface area contributed by atoms with Gasteiger partial charge in [0, 0.05) is 19.2 Å². The van der Waals surface area contributed by atoms with Crippen molar-refractivity contribution in [2.45, 2.75) is 19.8 Å². The summed E-state index contributed by atoms with van der Waals surface area (Å²) in [5.74, 6) is 0.732. The highest BCUT2D eigenvalue weighted by atomic mass is 16.2.